The van der Waals surface area contributed by atoms with Crippen molar-refractivity contribution in [2.45, 2.75) is 13.0 Å². The van der Waals surface area contributed by atoms with Gasteiger partial charge < -0.3 is 9.64 Å². The molecule has 1 atom stereocenters. The summed E-state index contributed by atoms with van der Waals surface area (Å²) >= 11 is 0. The number of morpholine rings is 1. The Morgan fingerprint density at radius 3 is 2.80 bits per heavy atom. The van der Waals surface area contributed by atoms with Gasteiger partial charge in [-0.1, -0.05) is 6.08 Å². The number of anilines is 1. The van der Waals surface area contributed by atoms with Crippen molar-refractivity contribution in [2.24, 2.45) is 4.99 Å². The topological polar surface area (TPSA) is 97.8 Å². The molecular weight excluding hydrogens is 406 g/mol. The molecule has 5 heterocycles. The quantitative estimate of drug-likeness (QED) is 0.618. The van der Waals surface area contributed by atoms with E-state index >= 15 is 0 Å². The lowest BCUT2D eigenvalue weighted by Crippen LogP contribution is -2.44. The zero-order valence-electron chi connectivity index (χ0n) is 17.1. The summed E-state index contributed by atoms with van der Waals surface area (Å²) in [4.78, 5) is 11.6. The molecule has 158 valence electrons. The molecule has 30 heavy (non-hydrogen) atoms. The largest absolute Gasteiger partial charge is 0.377 e. The highest BCUT2D eigenvalue weighted by Gasteiger charge is 2.28. The van der Waals surface area contributed by atoms with Gasteiger partial charge in [-0.05, 0) is 19.1 Å². The van der Waals surface area contributed by atoms with E-state index in [0.717, 1.165) is 11.2 Å². The van der Waals surface area contributed by atoms with Crippen molar-refractivity contribution >= 4 is 43.8 Å². The molecule has 3 aromatic heterocycles. The molecule has 2 aliphatic rings. The van der Waals surface area contributed by atoms with Crippen LogP contribution in [0, 0.1) is 0 Å². The van der Waals surface area contributed by atoms with Gasteiger partial charge in [0.25, 0.3) is 0 Å². The maximum Gasteiger partial charge on any atom is 0.307 e. The minimum Gasteiger partial charge on any atom is -0.377 e. The first-order chi connectivity index (χ1) is 14.4. The highest BCUT2D eigenvalue weighted by Crippen LogP contribution is 2.35. The Kier molecular flexibility index (Phi) is 4.42. The maximum absolute atomic E-state index is 13.0. The molecule has 0 radical (unpaired) electrons. The summed E-state index contributed by atoms with van der Waals surface area (Å²) in [5.41, 5.74) is 1.15. The van der Waals surface area contributed by atoms with E-state index in [9.17, 15) is 8.42 Å². The van der Waals surface area contributed by atoms with Crippen LogP contribution in [0.4, 0.5) is 5.82 Å². The molecule has 2 aliphatic heterocycles. The number of aliphatic imine (C=N–C) groups is 1. The third kappa shape index (κ3) is 2.76. The molecule has 0 unspecified atom stereocenters. The number of nitrogens with zero attached hydrogens (tertiary/aromatic N) is 7. The summed E-state index contributed by atoms with van der Waals surface area (Å²) < 4.78 is 35.8. The number of hydrogen-bond donors (Lipinski definition) is 0. The van der Waals surface area contributed by atoms with Gasteiger partial charge in [0.15, 0.2) is 11.5 Å². The van der Waals surface area contributed by atoms with Gasteiger partial charge >= 0.3 is 10.2 Å². The van der Waals surface area contributed by atoms with Crippen LogP contribution >= 0.6 is 0 Å². The van der Waals surface area contributed by atoms with Crippen molar-refractivity contribution in [3.8, 4) is 0 Å². The predicted octanol–water partition coefficient (Wildman–Crippen LogP) is 1.08. The monoisotopic (exact) mass is 429 g/mol. The van der Waals surface area contributed by atoms with Crippen LogP contribution in [0.25, 0.3) is 21.9 Å². The highest BCUT2D eigenvalue weighted by atomic mass is 32.2. The average Bonchev–Trinajstić information content (AvgIpc) is 3.45. The number of hydrogen-bond acceptors (Lipinski definition) is 7. The van der Waals surface area contributed by atoms with Crippen LogP contribution in [0.3, 0.4) is 0 Å². The summed E-state index contributed by atoms with van der Waals surface area (Å²) in [6, 6.07) is 1.92. The standard InChI is InChI=1S/C19H23N7O3S/c1-13-12-29-10-9-24(13)18-14-6-8-25(30(27,28)23(2)3)17(14)15-11-21-26(19(15)22-18)16-5-4-7-20-16/h4-6,8,11,13H,7,9-10,12H2,1-3H3/t13-/m1/s1. The number of ether oxygens (including phenoxy) is 1. The summed E-state index contributed by atoms with van der Waals surface area (Å²) in [6.07, 6.45) is 7.09. The Morgan fingerprint density at radius 1 is 1.27 bits per heavy atom. The number of pyridine rings is 1. The van der Waals surface area contributed by atoms with E-state index in [1.807, 2.05) is 18.2 Å². The number of rotatable bonds is 3. The second-order valence-electron chi connectivity index (χ2n) is 7.61. The van der Waals surface area contributed by atoms with Crippen LogP contribution in [0.1, 0.15) is 6.92 Å². The van der Waals surface area contributed by atoms with E-state index in [4.69, 9.17) is 9.72 Å². The summed E-state index contributed by atoms with van der Waals surface area (Å²) in [5, 5.41) is 5.92. The fraction of sp³-hybridized carbons (Fsp3) is 0.421. The van der Waals surface area contributed by atoms with Gasteiger partial charge in [-0.25, -0.2) is 8.96 Å². The molecule has 3 aromatic rings. The van der Waals surface area contributed by atoms with E-state index in [1.165, 1.54) is 22.4 Å². The van der Waals surface area contributed by atoms with E-state index in [2.05, 4.69) is 21.9 Å². The Morgan fingerprint density at radius 2 is 2.10 bits per heavy atom. The summed E-state index contributed by atoms with van der Waals surface area (Å²) in [5.74, 6) is 1.41. The van der Waals surface area contributed by atoms with E-state index < -0.39 is 10.2 Å². The van der Waals surface area contributed by atoms with Gasteiger partial charge in [-0.2, -0.15) is 22.5 Å². The van der Waals surface area contributed by atoms with E-state index in [-0.39, 0.29) is 6.04 Å². The SMILES string of the molecule is C[C@@H]1COCCN1c1nc2c(cnn2C2=NCC=C2)c2c1ccn2S(=O)(=O)N(C)C. The minimum absolute atomic E-state index is 0.112. The van der Waals surface area contributed by atoms with Crippen LogP contribution in [-0.2, 0) is 14.9 Å². The summed E-state index contributed by atoms with van der Waals surface area (Å²) in [7, 11) is -0.685. The van der Waals surface area contributed by atoms with Crippen molar-refractivity contribution in [1.82, 2.24) is 23.0 Å². The second-order valence-corrected chi connectivity index (χ2v) is 9.63. The molecule has 0 N–H and O–H groups in total. The predicted molar refractivity (Wildman–Crippen MR) is 115 cm³/mol. The van der Waals surface area contributed by atoms with Crippen LogP contribution < -0.4 is 4.90 Å². The zero-order valence-corrected chi connectivity index (χ0v) is 17.9. The maximum atomic E-state index is 13.0. The van der Waals surface area contributed by atoms with Crippen molar-refractivity contribution < 1.29 is 13.2 Å². The van der Waals surface area contributed by atoms with Crippen LogP contribution in [0.2, 0.25) is 0 Å². The smallest absolute Gasteiger partial charge is 0.307 e. The summed E-state index contributed by atoms with van der Waals surface area (Å²) in [6.45, 7) is 4.53. The number of aromatic nitrogens is 4. The van der Waals surface area contributed by atoms with E-state index in [1.54, 1.807) is 17.1 Å². The molecule has 0 aliphatic carbocycles. The molecule has 1 fully saturated rings. The van der Waals surface area contributed by atoms with Crippen LogP contribution in [0.15, 0.2) is 35.6 Å². The van der Waals surface area contributed by atoms with E-state index in [0.29, 0.717) is 48.7 Å². The molecule has 0 bridgehead atoms. The van der Waals surface area contributed by atoms with Crippen molar-refractivity contribution in [3.63, 3.8) is 0 Å². The molecule has 11 heteroatoms. The molecule has 0 spiro atoms. The molecule has 0 amide bonds. The Balaban J connectivity index is 1.85. The first kappa shape index (κ1) is 19.2. The Labute approximate surface area is 174 Å². The van der Waals surface area contributed by atoms with Crippen LogP contribution in [0.5, 0.6) is 0 Å². The lowest BCUT2D eigenvalue weighted by molar-refractivity contribution is 0.0987. The first-order valence-electron chi connectivity index (χ1n) is 9.77. The van der Waals surface area contributed by atoms with Gasteiger partial charge in [0, 0.05) is 32.2 Å². The lowest BCUT2D eigenvalue weighted by Gasteiger charge is -2.34. The van der Waals surface area contributed by atoms with Crippen molar-refractivity contribution in [3.05, 3.63) is 30.6 Å². The van der Waals surface area contributed by atoms with Gasteiger partial charge in [-0.3, -0.25) is 4.99 Å². The first-order valence-corrected chi connectivity index (χ1v) is 11.2. The highest BCUT2D eigenvalue weighted by molar-refractivity contribution is 7.87. The Bertz CT molecular complexity index is 1300. The van der Waals surface area contributed by atoms with Crippen molar-refractivity contribution in [1.29, 1.82) is 0 Å². The fourth-order valence-corrected chi connectivity index (χ4v) is 4.92. The fourth-order valence-electron chi connectivity index (χ4n) is 3.93. The third-order valence-electron chi connectivity index (χ3n) is 5.50. The van der Waals surface area contributed by atoms with Gasteiger partial charge in [-0.15, -0.1) is 0 Å². The molecule has 1 saturated heterocycles. The molecule has 0 saturated carbocycles. The third-order valence-corrected chi connectivity index (χ3v) is 7.22. The number of fused-ring (bicyclic) bond motifs is 3. The minimum atomic E-state index is -3.72. The van der Waals surface area contributed by atoms with Gasteiger partial charge in [0.1, 0.15) is 5.82 Å². The number of allylic oxidation sites excluding steroid dienone is 1. The Hall–Kier alpha value is -2.76. The van der Waals surface area contributed by atoms with Crippen LogP contribution in [-0.4, -0.2) is 83.7 Å². The van der Waals surface area contributed by atoms with Gasteiger partial charge in [0.05, 0.1) is 42.9 Å². The second kappa shape index (κ2) is 6.89. The normalized spacial score (nSPS) is 20.1. The molecular formula is C19H23N7O3S. The average molecular weight is 430 g/mol. The lowest BCUT2D eigenvalue weighted by atomic mass is 10.2. The molecule has 0 aromatic carbocycles. The molecule has 10 nitrogen and oxygen atoms in total. The van der Waals surface area contributed by atoms with Gasteiger partial charge in [0.2, 0.25) is 0 Å². The van der Waals surface area contributed by atoms with Crippen molar-refractivity contribution in [2.75, 3.05) is 45.3 Å². The zero-order chi connectivity index (χ0) is 21.0. The molecule has 5 rings (SSSR count).